The van der Waals surface area contributed by atoms with E-state index < -0.39 is 0 Å². The molecule has 0 N–H and O–H groups in total. The third-order valence-electron chi connectivity index (χ3n) is 11.2. The first-order valence-corrected chi connectivity index (χ1v) is 24.4. The Morgan fingerprint density at radius 1 is 0.158 bits per heavy atom. The van der Waals surface area contributed by atoms with E-state index in [9.17, 15) is 0 Å². The van der Waals surface area contributed by atoms with Gasteiger partial charge in [-0.2, -0.15) is 0 Å². The fourth-order valence-electron chi connectivity index (χ4n) is 10.3. The summed E-state index contributed by atoms with van der Waals surface area (Å²) in [6, 6.07) is 0. The smallest absolute Gasteiger partial charge is 2.00 e. The molecule has 0 bridgehead atoms. The molecule has 0 unspecified atom stereocenters. The van der Waals surface area contributed by atoms with Gasteiger partial charge in [0.1, 0.15) is 0 Å². The van der Waals surface area contributed by atoms with Crippen molar-refractivity contribution in [1.82, 2.24) is 0 Å². The van der Waals surface area contributed by atoms with Crippen LogP contribution in [0.1, 0.15) is 214 Å². The standard InChI is InChI=1S/4C12H28N.4O.Ru/c4*1-5-9-13(10-6-2,11-7-3)12-8-4;;;;;/h4*5-12H2,1-4H3;;;;;/q4*+1;4*-2;+4. The Hall–Kier alpha value is 0.303. The van der Waals surface area contributed by atoms with E-state index in [1.165, 1.54) is 225 Å². The van der Waals surface area contributed by atoms with Gasteiger partial charge in [0.25, 0.3) is 0 Å². The first-order chi connectivity index (χ1) is 25.0. The van der Waals surface area contributed by atoms with Crippen LogP contribution in [0.5, 0.6) is 0 Å². The van der Waals surface area contributed by atoms with Gasteiger partial charge in [0.2, 0.25) is 0 Å². The summed E-state index contributed by atoms with van der Waals surface area (Å²) >= 11 is 0. The van der Waals surface area contributed by atoms with Crippen molar-refractivity contribution >= 4 is 0 Å². The molecule has 0 rings (SSSR count). The second kappa shape index (κ2) is 54.3. The van der Waals surface area contributed by atoms with Crippen LogP contribution in [-0.4, -0.2) is 123 Å². The van der Waals surface area contributed by atoms with Gasteiger partial charge in [-0.15, -0.1) is 0 Å². The van der Waals surface area contributed by atoms with E-state index in [-0.39, 0.29) is 41.4 Å². The molecule has 9 heteroatoms. The fourth-order valence-corrected chi connectivity index (χ4v) is 10.3. The summed E-state index contributed by atoms with van der Waals surface area (Å²) in [6.07, 6.45) is 21.3. The number of quaternary nitrogens is 4. The van der Waals surface area contributed by atoms with Crippen LogP contribution in [0.25, 0.3) is 0 Å². The van der Waals surface area contributed by atoms with Crippen LogP contribution in [0.3, 0.4) is 0 Å². The van der Waals surface area contributed by atoms with Crippen LogP contribution in [-0.2, 0) is 41.4 Å². The molecule has 0 aromatic carbocycles. The number of hydrogen-bond acceptors (Lipinski definition) is 0. The third kappa shape index (κ3) is 40.2. The summed E-state index contributed by atoms with van der Waals surface area (Å²) in [5.41, 5.74) is 0. The van der Waals surface area contributed by atoms with E-state index in [0.717, 1.165) is 0 Å². The molecule has 8 nitrogen and oxygen atoms in total. The van der Waals surface area contributed by atoms with Gasteiger partial charge in [0.05, 0.1) is 105 Å². The monoisotopic (exact) mass is 911 g/mol. The second-order valence-corrected chi connectivity index (χ2v) is 16.9. The minimum atomic E-state index is 0. The topological polar surface area (TPSA) is 114 Å². The number of hydrogen-bond donors (Lipinski definition) is 0. The average molecular weight is 911 g/mol. The van der Waals surface area contributed by atoms with Crippen LogP contribution in [0.15, 0.2) is 0 Å². The second-order valence-electron chi connectivity index (χ2n) is 16.9. The first-order valence-electron chi connectivity index (χ1n) is 24.4. The van der Waals surface area contributed by atoms with Gasteiger partial charge in [-0.1, -0.05) is 111 Å². The number of rotatable bonds is 32. The molecule has 0 aliphatic rings. The molecule has 0 aliphatic carbocycles. The zero-order chi connectivity index (χ0) is 40.6. The molecule has 0 fully saturated rings. The summed E-state index contributed by atoms with van der Waals surface area (Å²) in [4.78, 5) is 0. The molecular formula is C48H112N4O4Ru. The van der Waals surface area contributed by atoms with Gasteiger partial charge in [-0.25, -0.2) is 0 Å². The van der Waals surface area contributed by atoms with Gasteiger partial charge >= 0.3 is 19.5 Å². The maximum absolute atomic E-state index is 2.31. The average Bonchev–Trinajstić information content (AvgIpc) is 3.08. The molecule has 0 aromatic rings. The molecule has 0 aromatic heterocycles. The molecule has 57 heavy (non-hydrogen) atoms. The Balaban J connectivity index is -0.0000000748. The summed E-state index contributed by atoms with van der Waals surface area (Å²) in [5.74, 6) is 0. The van der Waals surface area contributed by atoms with E-state index in [1.807, 2.05) is 0 Å². The molecule has 356 valence electrons. The third-order valence-corrected chi connectivity index (χ3v) is 11.2. The van der Waals surface area contributed by atoms with Crippen molar-refractivity contribution in [2.45, 2.75) is 214 Å². The van der Waals surface area contributed by atoms with E-state index in [4.69, 9.17) is 0 Å². The minimum absolute atomic E-state index is 0. The summed E-state index contributed by atoms with van der Waals surface area (Å²) in [6.45, 7) is 59.2. The quantitative estimate of drug-likeness (QED) is 0.0473. The van der Waals surface area contributed by atoms with Gasteiger partial charge in [-0.05, 0) is 103 Å². The largest absolute Gasteiger partial charge is 4.00 e. The minimum Gasteiger partial charge on any atom is -2.00 e. The van der Waals surface area contributed by atoms with Crippen molar-refractivity contribution in [3.63, 3.8) is 0 Å². The predicted molar refractivity (Wildman–Crippen MR) is 246 cm³/mol. The van der Waals surface area contributed by atoms with Crippen molar-refractivity contribution in [2.24, 2.45) is 0 Å². The molecule has 0 spiro atoms. The molecule has 0 heterocycles. The van der Waals surface area contributed by atoms with Crippen LogP contribution in [0.4, 0.5) is 0 Å². The Morgan fingerprint density at radius 2 is 0.211 bits per heavy atom. The van der Waals surface area contributed by atoms with Crippen molar-refractivity contribution < 1.29 is 59.3 Å². The van der Waals surface area contributed by atoms with Gasteiger partial charge in [0, 0.05) is 0 Å². The van der Waals surface area contributed by atoms with Crippen LogP contribution in [0.2, 0.25) is 0 Å². The molecule has 0 saturated heterocycles. The summed E-state index contributed by atoms with van der Waals surface area (Å²) in [5, 5.41) is 0. The maximum Gasteiger partial charge on any atom is 4.00 e. The summed E-state index contributed by atoms with van der Waals surface area (Å²) < 4.78 is 5.50. The Morgan fingerprint density at radius 3 is 0.246 bits per heavy atom. The van der Waals surface area contributed by atoms with Crippen LogP contribution >= 0.6 is 0 Å². The first kappa shape index (κ1) is 77.9. The summed E-state index contributed by atoms with van der Waals surface area (Å²) in [7, 11) is 0. The van der Waals surface area contributed by atoms with E-state index >= 15 is 0 Å². The SMILES string of the molecule is CCC[N+](CCC)(CCC)CCC.CCC[N+](CCC)(CCC)CCC.CCC[N+](CCC)(CCC)CCC.CCC[N+](CCC)(CCC)CCC.[O-2].[O-2].[O-2].[O-2].[Ru+4]. The maximum atomic E-state index is 2.31. The van der Waals surface area contributed by atoms with Gasteiger partial charge < -0.3 is 39.8 Å². The normalized spacial score (nSPS) is 10.9. The van der Waals surface area contributed by atoms with Crippen molar-refractivity contribution in [2.75, 3.05) is 105 Å². The molecule has 0 atom stereocenters. The Labute approximate surface area is 376 Å². The Bertz CT molecular complexity index is 461. The van der Waals surface area contributed by atoms with E-state index in [1.54, 1.807) is 0 Å². The van der Waals surface area contributed by atoms with Gasteiger partial charge in [-0.3, -0.25) is 0 Å². The fraction of sp³-hybridized carbons (Fsp3) is 1.00. The van der Waals surface area contributed by atoms with Gasteiger partial charge in [0.15, 0.2) is 0 Å². The van der Waals surface area contributed by atoms with Crippen molar-refractivity contribution in [3.05, 3.63) is 0 Å². The zero-order valence-corrected chi connectivity index (χ0v) is 44.1. The van der Waals surface area contributed by atoms with Crippen molar-refractivity contribution in [1.29, 1.82) is 0 Å². The molecular weight excluding hydrogens is 798 g/mol. The molecule has 0 saturated carbocycles. The van der Waals surface area contributed by atoms with E-state index in [2.05, 4.69) is 111 Å². The molecule has 0 aliphatic heterocycles. The van der Waals surface area contributed by atoms with Crippen LogP contribution in [0, 0.1) is 0 Å². The molecule has 0 amide bonds. The van der Waals surface area contributed by atoms with Crippen LogP contribution < -0.4 is 0 Å². The van der Waals surface area contributed by atoms with Crippen molar-refractivity contribution in [3.8, 4) is 0 Å². The number of nitrogens with zero attached hydrogens (tertiary/aromatic N) is 4. The predicted octanol–water partition coefficient (Wildman–Crippen LogP) is 13.3. The molecule has 0 radical (unpaired) electrons. The van der Waals surface area contributed by atoms with E-state index in [0.29, 0.717) is 0 Å². The Kier molecular flexibility index (Phi) is 74.2. The zero-order valence-electron chi connectivity index (χ0n) is 42.4.